The lowest BCUT2D eigenvalue weighted by atomic mass is 9.76. The molecule has 9 aromatic rings. The molecule has 0 N–H and O–H groups in total. The van der Waals surface area contributed by atoms with Crippen LogP contribution in [0, 0.1) is 5.92 Å². The van der Waals surface area contributed by atoms with E-state index in [0.29, 0.717) is 17.5 Å². The Bertz CT molecular complexity index is 2980. The predicted octanol–water partition coefficient (Wildman–Crippen LogP) is 12.5. The second kappa shape index (κ2) is 11.6. The van der Waals surface area contributed by atoms with Crippen LogP contribution in [0.5, 0.6) is 0 Å². The van der Waals surface area contributed by atoms with Crippen molar-refractivity contribution in [2.75, 3.05) is 0 Å². The van der Waals surface area contributed by atoms with Crippen molar-refractivity contribution in [3.63, 3.8) is 0 Å². The van der Waals surface area contributed by atoms with Crippen molar-refractivity contribution < 1.29 is 4.42 Å². The third kappa shape index (κ3) is 4.63. The quantitative estimate of drug-likeness (QED) is 0.185. The normalized spacial score (nSPS) is 16.4. The van der Waals surface area contributed by atoms with Crippen LogP contribution < -0.4 is 0 Å². The van der Waals surface area contributed by atoms with E-state index in [4.69, 9.17) is 19.4 Å². The molecule has 0 aliphatic heterocycles. The minimum absolute atomic E-state index is 0.208. The van der Waals surface area contributed by atoms with Gasteiger partial charge in [0.2, 0.25) is 0 Å². The van der Waals surface area contributed by atoms with Gasteiger partial charge in [-0.2, -0.15) is 0 Å². The van der Waals surface area contributed by atoms with E-state index in [0.717, 1.165) is 49.8 Å². The van der Waals surface area contributed by atoms with Gasteiger partial charge in [-0.3, -0.25) is 0 Å². The summed E-state index contributed by atoms with van der Waals surface area (Å²) in [6.45, 7) is 0. The summed E-state index contributed by atoms with van der Waals surface area (Å²) in [6.07, 6.45) is 11.4. The van der Waals surface area contributed by atoms with E-state index < -0.39 is 0 Å². The molecular weight excluding hydrogens is 655 g/mol. The summed E-state index contributed by atoms with van der Waals surface area (Å²) >= 11 is 1.83. The lowest BCUT2D eigenvalue weighted by molar-refractivity contribution is 0.669. The van der Waals surface area contributed by atoms with Gasteiger partial charge in [-0.1, -0.05) is 127 Å². The number of furan rings is 1. The molecule has 0 saturated heterocycles. The van der Waals surface area contributed by atoms with Gasteiger partial charge in [-0.05, 0) is 58.7 Å². The van der Waals surface area contributed by atoms with Crippen LogP contribution in [0.25, 0.3) is 87.7 Å². The predicted molar refractivity (Wildman–Crippen MR) is 215 cm³/mol. The van der Waals surface area contributed by atoms with E-state index in [1.807, 2.05) is 41.7 Å². The van der Waals surface area contributed by atoms with Crippen molar-refractivity contribution in [2.45, 2.75) is 5.92 Å². The molecule has 5 heteroatoms. The number of hydrogen-bond acceptors (Lipinski definition) is 5. The summed E-state index contributed by atoms with van der Waals surface area (Å²) < 4.78 is 9.02. The van der Waals surface area contributed by atoms with Gasteiger partial charge >= 0.3 is 0 Å². The van der Waals surface area contributed by atoms with Gasteiger partial charge in [0.05, 0.1) is 0 Å². The topological polar surface area (TPSA) is 51.8 Å². The van der Waals surface area contributed by atoms with Crippen molar-refractivity contribution in [3.8, 4) is 33.9 Å². The van der Waals surface area contributed by atoms with E-state index >= 15 is 0 Å². The Labute approximate surface area is 303 Å². The molecule has 0 radical (unpaired) electrons. The molecule has 6 aromatic carbocycles. The fraction of sp³-hybridized carbons (Fsp3) is 0.0426. The summed E-state index contributed by atoms with van der Waals surface area (Å²) in [5.41, 5.74) is 9.28. The summed E-state index contributed by atoms with van der Waals surface area (Å²) in [7, 11) is 0. The molecule has 0 bridgehead atoms. The first kappa shape index (κ1) is 29.3. The van der Waals surface area contributed by atoms with E-state index in [2.05, 4.69) is 134 Å². The SMILES string of the molecule is C1=CC2c3ccccc3C=CC2C=C1c1nc(-c2ccccc2)nc(-c2c(-c3ccc4sc5ccccc5c4c3)ccc3oc4ccccc4c23)n1. The Kier molecular flexibility index (Phi) is 6.51. The van der Waals surface area contributed by atoms with Gasteiger partial charge in [0, 0.05) is 59.5 Å². The highest BCUT2D eigenvalue weighted by Crippen LogP contribution is 2.45. The molecule has 244 valence electrons. The van der Waals surface area contributed by atoms with Crippen LogP contribution in [-0.4, -0.2) is 15.0 Å². The molecule has 4 nitrogen and oxygen atoms in total. The first-order chi connectivity index (χ1) is 25.7. The lowest BCUT2D eigenvalue weighted by Crippen LogP contribution is -2.15. The largest absolute Gasteiger partial charge is 0.456 e. The van der Waals surface area contributed by atoms with Crippen LogP contribution in [-0.2, 0) is 0 Å². The molecule has 3 heterocycles. The maximum atomic E-state index is 6.47. The summed E-state index contributed by atoms with van der Waals surface area (Å²) in [6, 6.07) is 46.8. The molecule has 3 aromatic heterocycles. The molecule has 0 fully saturated rings. The molecule has 52 heavy (non-hydrogen) atoms. The van der Waals surface area contributed by atoms with Gasteiger partial charge in [0.25, 0.3) is 0 Å². The zero-order chi connectivity index (χ0) is 34.2. The average Bonchev–Trinajstić information content (AvgIpc) is 3.78. The number of aromatic nitrogens is 3. The average molecular weight is 684 g/mol. The summed E-state index contributed by atoms with van der Waals surface area (Å²) in [4.78, 5) is 15.8. The van der Waals surface area contributed by atoms with Gasteiger partial charge < -0.3 is 4.42 Å². The zero-order valence-electron chi connectivity index (χ0n) is 27.9. The third-order valence-electron chi connectivity index (χ3n) is 10.5. The minimum Gasteiger partial charge on any atom is -0.456 e. The number of hydrogen-bond donors (Lipinski definition) is 0. The summed E-state index contributed by atoms with van der Waals surface area (Å²) in [5.74, 6) is 2.39. The highest BCUT2D eigenvalue weighted by Gasteiger charge is 2.28. The van der Waals surface area contributed by atoms with Crippen LogP contribution in [0.3, 0.4) is 0 Å². The second-order valence-corrected chi connectivity index (χ2v) is 14.6. The molecule has 2 atom stereocenters. The van der Waals surface area contributed by atoms with Crippen LogP contribution in [0.15, 0.2) is 162 Å². The lowest BCUT2D eigenvalue weighted by Gasteiger charge is -2.28. The van der Waals surface area contributed by atoms with Gasteiger partial charge in [-0.15, -0.1) is 11.3 Å². The number of para-hydroxylation sites is 1. The van der Waals surface area contributed by atoms with Crippen LogP contribution in [0.4, 0.5) is 0 Å². The van der Waals surface area contributed by atoms with Crippen LogP contribution in [0.1, 0.15) is 22.9 Å². The van der Waals surface area contributed by atoms with E-state index in [-0.39, 0.29) is 11.8 Å². The van der Waals surface area contributed by atoms with Gasteiger partial charge in [0.15, 0.2) is 17.5 Å². The van der Waals surface area contributed by atoms with Crippen molar-refractivity contribution in [2.24, 2.45) is 5.92 Å². The van der Waals surface area contributed by atoms with E-state index in [1.54, 1.807) is 0 Å². The second-order valence-electron chi connectivity index (χ2n) is 13.5. The molecule has 11 rings (SSSR count). The Morgan fingerprint density at radius 2 is 1.31 bits per heavy atom. The highest BCUT2D eigenvalue weighted by molar-refractivity contribution is 7.25. The van der Waals surface area contributed by atoms with Crippen LogP contribution >= 0.6 is 11.3 Å². The van der Waals surface area contributed by atoms with Gasteiger partial charge in [0.1, 0.15) is 11.2 Å². The van der Waals surface area contributed by atoms with Gasteiger partial charge in [-0.25, -0.2) is 15.0 Å². The standard InChI is InChI=1S/C47H29N3OS/c1-2-11-29(12-3-1)45-48-46(32-20-22-34-30(26-32)19-18-28-10-4-5-13-33(28)34)50-47(49-45)44-35(23-24-40-43(44)37-15-6-8-16-39(37)51-40)31-21-25-42-38(27-31)36-14-7-9-17-41(36)52-42/h1-27,30,34H. The maximum absolute atomic E-state index is 6.47. The molecule has 0 amide bonds. The Morgan fingerprint density at radius 1 is 0.538 bits per heavy atom. The number of nitrogens with zero attached hydrogens (tertiary/aromatic N) is 3. The molecule has 2 aliphatic carbocycles. The van der Waals surface area contributed by atoms with E-state index in [9.17, 15) is 0 Å². The molecule has 0 spiro atoms. The van der Waals surface area contributed by atoms with Crippen molar-refractivity contribution in [1.82, 2.24) is 15.0 Å². The Balaban J connectivity index is 1.17. The number of allylic oxidation sites excluding steroid dienone is 5. The fourth-order valence-electron chi connectivity index (χ4n) is 8.03. The molecule has 0 saturated carbocycles. The Morgan fingerprint density at radius 3 is 2.25 bits per heavy atom. The smallest absolute Gasteiger partial charge is 0.165 e. The monoisotopic (exact) mass is 683 g/mol. The number of rotatable bonds is 4. The first-order valence-corrected chi connectivity index (χ1v) is 18.4. The Hall–Kier alpha value is -6.43. The van der Waals surface area contributed by atoms with Crippen molar-refractivity contribution in [1.29, 1.82) is 0 Å². The highest BCUT2D eigenvalue weighted by atomic mass is 32.1. The van der Waals surface area contributed by atoms with Crippen molar-refractivity contribution >= 4 is 65.1 Å². The summed E-state index contributed by atoms with van der Waals surface area (Å²) in [5, 5.41) is 4.55. The fourth-order valence-corrected chi connectivity index (χ4v) is 9.12. The van der Waals surface area contributed by atoms with Crippen LogP contribution in [0.2, 0.25) is 0 Å². The minimum atomic E-state index is 0.208. The number of benzene rings is 6. The molecule has 2 aliphatic rings. The molecule has 2 unspecified atom stereocenters. The molecular formula is C47H29N3OS. The zero-order valence-corrected chi connectivity index (χ0v) is 28.7. The number of thiophene rings is 1. The number of fused-ring (bicyclic) bond motifs is 9. The van der Waals surface area contributed by atoms with E-state index in [1.165, 1.54) is 31.3 Å². The maximum Gasteiger partial charge on any atom is 0.165 e. The van der Waals surface area contributed by atoms with Crippen molar-refractivity contribution in [3.05, 3.63) is 175 Å². The third-order valence-corrected chi connectivity index (χ3v) is 11.7. The first-order valence-electron chi connectivity index (χ1n) is 17.6.